The number of hydrogen-bond donors (Lipinski definition) is 1. The first-order valence-electron chi connectivity index (χ1n) is 10.3. The second-order valence-electron chi connectivity index (χ2n) is 6.63. The molecule has 0 aromatic heterocycles. The monoisotopic (exact) mass is 375 g/mol. The molecule has 0 aromatic carbocycles. The van der Waals surface area contributed by atoms with Gasteiger partial charge in [-0.1, -0.05) is 40.0 Å². The Bertz CT molecular complexity index is 302. The maximum absolute atomic E-state index is 11.6. The molecule has 0 fully saturated rings. The minimum atomic E-state index is -0.0560. The minimum absolute atomic E-state index is 0.0560. The zero-order valence-electron chi connectivity index (χ0n) is 17.2. The Hall–Kier alpha value is -0.690. The number of carbonyl (C=O) groups excluding carboxylic acids is 1. The summed E-state index contributed by atoms with van der Waals surface area (Å²) in [6.45, 7) is 11.4. The third kappa shape index (κ3) is 19.6. The Morgan fingerprint density at radius 3 is 1.92 bits per heavy atom. The summed E-state index contributed by atoms with van der Waals surface area (Å²) >= 11 is 0. The maximum Gasteiger partial charge on any atom is 0.245 e. The third-order valence-corrected chi connectivity index (χ3v) is 3.97. The highest BCUT2D eigenvalue weighted by atomic mass is 16.6. The first kappa shape index (κ1) is 25.3. The molecule has 0 rings (SSSR count). The van der Waals surface area contributed by atoms with Gasteiger partial charge < -0.3 is 24.3 Å². The molecule has 0 bridgehead atoms. The standard InChI is InChI=1S/C20H41NO5/c1-4-6-11-23-12-13-24-14-15-25-16-17-26-18-20(22)21-10-7-9-19(3)8-5-2/h19H,4-18H2,1-3H3,(H,21,22). The number of rotatable bonds is 20. The van der Waals surface area contributed by atoms with Crippen LogP contribution < -0.4 is 5.32 Å². The molecule has 0 heterocycles. The highest BCUT2D eigenvalue weighted by Gasteiger charge is 2.03. The van der Waals surface area contributed by atoms with Gasteiger partial charge in [-0.05, 0) is 25.2 Å². The maximum atomic E-state index is 11.6. The molecule has 1 unspecified atom stereocenters. The zero-order chi connectivity index (χ0) is 19.3. The van der Waals surface area contributed by atoms with E-state index in [1.54, 1.807) is 0 Å². The molecular formula is C20H41NO5. The normalized spacial score (nSPS) is 12.3. The molecule has 156 valence electrons. The van der Waals surface area contributed by atoms with Crippen LogP contribution in [0.25, 0.3) is 0 Å². The summed E-state index contributed by atoms with van der Waals surface area (Å²) < 4.78 is 21.5. The van der Waals surface area contributed by atoms with Crippen LogP contribution in [0.15, 0.2) is 0 Å². The third-order valence-electron chi connectivity index (χ3n) is 3.97. The van der Waals surface area contributed by atoms with E-state index in [9.17, 15) is 4.79 Å². The average Bonchev–Trinajstić information content (AvgIpc) is 2.63. The fraction of sp³-hybridized carbons (Fsp3) is 0.950. The summed E-state index contributed by atoms with van der Waals surface area (Å²) in [4.78, 5) is 11.6. The molecule has 1 amide bonds. The summed E-state index contributed by atoms with van der Waals surface area (Å²) in [5, 5.41) is 2.89. The van der Waals surface area contributed by atoms with Gasteiger partial charge in [0.2, 0.25) is 5.91 Å². The van der Waals surface area contributed by atoms with E-state index in [0.29, 0.717) is 39.6 Å². The highest BCUT2D eigenvalue weighted by molar-refractivity contribution is 5.77. The molecule has 0 radical (unpaired) electrons. The summed E-state index contributed by atoms with van der Waals surface area (Å²) in [7, 11) is 0. The molecule has 0 aromatic rings. The van der Waals surface area contributed by atoms with Crippen molar-refractivity contribution in [2.75, 3.05) is 59.4 Å². The van der Waals surface area contributed by atoms with Crippen molar-refractivity contribution in [3.05, 3.63) is 0 Å². The van der Waals surface area contributed by atoms with Gasteiger partial charge in [-0.2, -0.15) is 0 Å². The fourth-order valence-corrected chi connectivity index (χ4v) is 2.44. The lowest BCUT2D eigenvalue weighted by Gasteiger charge is -2.10. The lowest BCUT2D eigenvalue weighted by Crippen LogP contribution is -2.29. The van der Waals surface area contributed by atoms with Crippen molar-refractivity contribution < 1.29 is 23.7 Å². The van der Waals surface area contributed by atoms with E-state index in [1.807, 2.05) is 0 Å². The van der Waals surface area contributed by atoms with E-state index >= 15 is 0 Å². The number of amides is 1. The topological polar surface area (TPSA) is 66.0 Å². The summed E-state index contributed by atoms with van der Waals surface area (Å²) in [5.41, 5.74) is 0. The van der Waals surface area contributed by atoms with Crippen LogP contribution in [0.3, 0.4) is 0 Å². The van der Waals surface area contributed by atoms with Crippen molar-refractivity contribution in [2.45, 2.75) is 59.3 Å². The second-order valence-corrected chi connectivity index (χ2v) is 6.63. The molecule has 1 atom stereocenters. The van der Waals surface area contributed by atoms with Crippen molar-refractivity contribution in [1.29, 1.82) is 0 Å². The van der Waals surface area contributed by atoms with Crippen LogP contribution in [-0.4, -0.2) is 65.3 Å². The molecule has 0 aliphatic carbocycles. The van der Waals surface area contributed by atoms with Gasteiger partial charge >= 0.3 is 0 Å². The number of ether oxygens (including phenoxy) is 4. The van der Waals surface area contributed by atoms with E-state index in [2.05, 4.69) is 26.1 Å². The molecule has 0 saturated carbocycles. The molecule has 0 aliphatic rings. The lowest BCUT2D eigenvalue weighted by molar-refractivity contribution is -0.126. The molecule has 0 spiro atoms. The molecule has 6 nitrogen and oxygen atoms in total. The average molecular weight is 376 g/mol. The van der Waals surface area contributed by atoms with Crippen LogP contribution in [-0.2, 0) is 23.7 Å². The van der Waals surface area contributed by atoms with Gasteiger partial charge in [-0.15, -0.1) is 0 Å². The lowest BCUT2D eigenvalue weighted by atomic mass is 10.0. The second kappa shape index (κ2) is 20.6. The SMILES string of the molecule is CCCCOCCOCCOCCOCC(=O)NCCCC(C)CCC. The van der Waals surface area contributed by atoms with Crippen LogP contribution in [0.2, 0.25) is 0 Å². The van der Waals surface area contributed by atoms with Crippen LogP contribution >= 0.6 is 0 Å². The Morgan fingerprint density at radius 1 is 0.769 bits per heavy atom. The number of carbonyl (C=O) groups is 1. The van der Waals surface area contributed by atoms with Gasteiger partial charge in [0.25, 0.3) is 0 Å². The van der Waals surface area contributed by atoms with Gasteiger partial charge in [-0.3, -0.25) is 4.79 Å². The number of nitrogens with one attached hydrogen (secondary N) is 1. The van der Waals surface area contributed by atoms with E-state index in [0.717, 1.165) is 44.8 Å². The smallest absolute Gasteiger partial charge is 0.245 e. The quantitative estimate of drug-likeness (QED) is 0.331. The van der Waals surface area contributed by atoms with E-state index in [-0.39, 0.29) is 12.5 Å². The predicted molar refractivity (Wildman–Crippen MR) is 104 cm³/mol. The van der Waals surface area contributed by atoms with E-state index in [1.165, 1.54) is 12.8 Å². The Morgan fingerprint density at radius 2 is 1.35 bits per heavy atom. The van der Waals surface area contributed by atoms with Gasteiger partial charge in [0.05, 0.1) is 39.6 Å². The summed E-state index contributed by atoms with van der Waals surface area (Å²) in [5.74, 6) is 0.683. The van der Waals surface area contributed by atoms with Gasteiger partial charge in [0.1, 0.15) is 6.61 Å². The molecule has 0 saturated heterocycles. The Labute approximate surface area is 160 Å². The molecule has 0 aliphatic heterocycles. The number of hydrogen-bond acceptors (Lipinski definition) is 5. The van der Waals surface area contributed by atoms with Crippen LogP contribution in [0.1, 0.15) is 59.3 Å². The zero-order valence-corrected chi connectivity index (χ0v) is 17.2. The van der Waals surface area contributed by atoms with Crippen LogP contribution in [0, 0.1) is 5.92 Å². The van der Waals surface area contributed by atoms with Crippen molar-refractivity contribution in [2.24, 2.45) is 5.92 Å². The van der Waals surface area contributed by atoms with Crippen molar-refractivity contribution in [1.82, 2.24) is 5.32 Å². The Balaban J connectivity index is 3.18. The molecule has 26 heavy (non-hydrogen) atoms. The summed E-state index contributed by atoms with van der Waals surface area (Å²) in [6, 6.07) is 0. The van der Waals surface area contributed by atoms with E-state index < -0.39 is 0 Å². The molecule has 1 N–H and O–H groups in total. The fourth-order valence-electron chi connectivity index (χ4n) is 2.44. The predicted octanol–water partition coefficient (Wildman–Crippen LogP) is 3.19. The van der Waals surface area contributed by atoms with Gasteiger partial charge in [0.15, 0.2) is 0 Å². The highest BCUT2D eigenvalue weighted by Crippen LogP contribution is 2.11. The number of unbranched alkanes of at least 4 members (excludes halogenated alkanes) is 1. The molecule has 6 heteroatoms. The minimum Gasteiger partial charge on any atom is -0.379 e. The van der Waals surface area contributed by atoms with Gasteiger partial charge in [-0.25, -0.2) is 0 Å². The van der Waals surface area contributed by atoms with E-state index in [4.69, 9.17) is 18.9 Å². The van der Waals surface area contributed by atoms with Crippen LogP contribution in [0.5, 0.6) is 0 Å². The van der Waals surface area contributed by atoms with Crippen molar-refractivity contribution >= 4 is 5.91 Å². The first-order valence-corrected chi connectivity index (χ1v) is 10.3. The van der Waals surface area contributed by atoms with Crippen LogP contribution in [0.4, 0.5) is 0 Å². The van der Waals surface area contributed by atoms with Crippen molar-refractivity contribution in [3.8, 4) is 0 Å². The first-order chi connectivity index (χ1) is 12.7. The van der Waals surface area contributed by atoms with Crippen molar-refractivity contribution in [3.63, 3.8) is 0 Å². The van der Waals surface area contributed by atoms with Gasteiger partial charge in [0, 0.05) is 13.2 Å². The summed E-state index contributed by atoms with van der Waals surface area (Å²) in [6.07, 6.45) is 6.92. The molecular weight excluding hydrogens is 334 g/mol. The Kier molecular flexibility index (Phi) is 20.1. The largest absolute Gasteiger partial charge is 0.379 e.